The van der Waals surface area contributed by atoms with Gasteiger partial charge >= 0.3 is 5.97 Å². The maximum Gasteiger partial charge on any atom is 0.376 e. The average molecular weight is 295 g/mol. The second-order valence-electron chi connectivity index (χ2n) is 5.53. The third-order valence-corrected chi connectivity index (χ3v) is 2.88. The molecule has 0 aliphatic rings. The van der Waals surface area contributed by atoms with E-state index < -0.39 is 28.6 Å². The highest BCUT2D eigenvalue weighted by Crippen LogP contribution is 2.32. The van der Waals surface area contributed by atoms with Crippen LogP contribution in [0.3, 0.4) is 0 Å². The Bertz CT molecular complexity index is 666. The molecule has 4 nitrogen and oxygen atoms in total. The fraction of sp³-hybridized carbons (Fsp3) is 0.333. The number of methoxy groups -OCH3 is 1. The normalized spacial score (nSPS) is 11.5. The number of oxazole rings is 1. The Morgan fingerprint density at radius 1 is 1.24 bits per heavy atom. The lowest BCUT2D eigenvalue weighted by Crippen LogP contribution is -2.17. The summed E-state index contributed by atoms with van der Waals surface area (Å²) in [6, 6.07) is 3.43. The summed E-state index contributed by atoms with van der Waals surface area (Å²) in [6.45, 7) is 5.41. The zero-order chi connectivity index (χ0) is 15.8. The first kappa shape index (κ1) is 15.2. The summed E-state index contributed by atoms with van der Waals surface area (Å²) in [5.41, 5.74) is -0.669. The third-order valence-electron chi connectivity index (χ3n) is 2.88. The van der Waals surface area contributed by atoms with Gasteiger partial charge in [0.15, 0.2) is 0 Å². The van der Waals surface area contributed by atoms with Gasteiger partial charge in [-0.25, -0.2) is 18.6 Å². The van der Waals surface area contributed by atoms with Crippen LogP contribution in [0, 0.1) is 11.6 Å². The van der Waals surface area contributed by atoms with E-state index in [-0.39, 0.29) is 17.3 Å². The van der Waals surface area contributed by atoms with Crippen molar-refractivity contribution in [2.24, 2.45) is 0 Å². The molecule has 0 aliphatic carbocycles. The molecule has 6 heteroatoms. The van der Waals surface area contributed by atoms with Crippen molar-refractivity contribution in [2.45, 2.75) is 26.2 Å². The number of carbonyl (C=O) groups is 1. The number of halogens is 2. The molecule has 1 aromatic carbocycles. The van der Waals surface area contributed by atoms with E-state index in [1.54, 1.807) is 20.8 Å². The predicted octanol–water partition coefficient (Wildman–Crippen LogP) is 3.70. The van der Waals surface area contributed by atoms with E-state index in [1.165, 1.54) is 13.2 Å². The van der Waals surface area contributed by atoms with Crippen molar-refractivity contribution >= 4 is 5.97 Å². The molecule has 0 amide bonds. The molecule has 2 aromatic rings. The van der Waals surface area contributed by atoms with Gasteiger partial charge in [0.1, 0.15) is 22.9 Å². The fourth-order valence-electron chi connectivity index (χ4n) is 1.87. The Kier molecular flexibility index (Phi) is 3.80. The van der Waals surface area contributed by atoms with Crippen molar-refractivity contribution in [3.63, 3.8) is 0 Å². The van der Waals surface area contributed by atoms with Crippen molar-refractivity contribution in [1.82, 2.24) is 4.98 Å². The largest absolute Gasteiger partial charge is 0.463 e. The number of benzene rings is 1. The minimum Gasteiger partial charge on any atom is -0.463 e. The molecule has 2 rings (SSSR count). The molecular formula is C15H15F2NO3. The Balaban J connectivity index is 2.68. The lowest BCUT2D eigenvalue weighted by Gasteiger charge is -2.15. The third kappa shape index (κ3) is 2.79. The number of ether oxygens (including phenoxy) is 1. The Morgan fingerprint density at radius 3 is 2.29 bits per heavy atom. The average Bonchev–Trinajstić information content (AvgIpc) is 2.82. The zero-order valence-electron chi connectivity index (χ0n) is 12.2. The molecule has 0 aliphatic heterocycles. The number of nitrogens with zero attached hydrogens (tertiary/aromatic N) is 1. The zero-order valence-corrected chi connectivity index (χ0v) is 12.2. The van der Waals surface area contributed by atoms with Crippen molar-refractivity contribution in [2.75, 3.05) is 7.11 Å². The van der Waals surface area contributed by atoms with E-state index in [0.29, 0.717) is 0 Å². The lowest BCUT2D eigenvalue weighted by molar-refractivity contribution is 0.0562. The van der Waals surface area contributed by atoms with Gasteiger partial charge in [-0.15, -0.1) is 0 Å². The minimum absolute atomic E-state index is 0.150. The first-order valence-electron chi connectivity index (χ1n) is 6.29. The van der Waals surface area contributed by atoms with Gasteiger partial charge in [-0.1, -0.05) is 26.8 Å². The number of aromatic nitrogens is 1. The fourth-order valence-corrected chi connectivity index (χ4v) is 1.87. The molecule has 0 N–H and O–H groups in total. The molecule has 1 heterocycles. The van der Waals surface area contributed by atoms with Crippen LogP contribution < -0.4 is 0 Å². The molecule has 0 saturated carbocycles. The molecule has 0 spiro atoms. The standard InChI is InChI=1S/C15H15F2NO3/c1-15(2,3)12-11(14(19)20-4)21-13(18-12)10-8(16)6-5-7-9(10)17/h5-7H,1-4H3. The number of hydrogen-bond donors (Lipinski definition) is 0. The lowest BCUT2D eigenvalue weighted by atomic mass is 9.91. The van der Waals surface area contributed by atoms with Gasteiger partial charge in [0.05, 0.1) is 7.11 Å². The first-order valence-corrected chi connectivity index (χ1v) is 6.29. The van der Waals surface area contributed by atoms with E-state index in [1.807, 2.05) is 0 Å². The maximum atomic E-state index is 13.8. The van der Waals surface area contributed by atoms with Gasteiger partial charge in [-0.05, 0) is 12.1 Å². The van der Waals surface area contributed by atoms with Gasteiger partial charge in [-0.3, -0.25) is 0 Å². The Hall–Kier alpha value is -2.24. The molecule has 21 heavy (non-hydrogen) atoms. The molecule has 112 valence electrons. The van der Waals surface area contributed by atoms with Crippen LogP contribution >= 0.6 is 0 Å². The molecule has 0 unspecified atom stereocenters. The van der Waals surface area contributed by atoms with E-state index in [0.717, 1.165) is 12.1 Å². The van der Waals surface area contributed by atoms with Crippen molar-refractivity contribution < 1.29 is 22.7 Å². The molecule has 0 atom stereocenters. The number of hydrogen-bond acceptors (Lipinski definition) is 4. The maximum absolute atomic E-state index is 13.8. The van der Waals surface area contributed by atoms with Crippen molar-refractivity contribution in [3.05, 3.63) is 41.3 Å². The number of esters is 1. The molecule has 1 aromatic heterocycles. The highest BCUT2D eigenvalue weighted by atomic mass is 19.1. The second kappa shape index (κ2) is 5.27. The summed E-state index contributed by atoms with van der Waals surface area (Å²) in [5, 5.41) is 0. The van der Waals surface area contributed by atoms with Gasteiger partial charge in [0.2, 0.25) is 11.7 Å². The van der Waals surface area contributed by atoms with Gasteiger partial charge < -0.3 is 9.15 Å². The van der Waals surface area contributed by atoms with Crippen LogP contribution in [0.5, 0.6) is 0 Å². The van der Waals surface area contributed by atoms with Crippen LogP contribution in [0.2, 0.25) is 0 Å². The summed E-state index contributed by atoms with van der Waals surface area (Å²) in [6.07, 6.45) is 0. The van der Waals surface area contributed by atoms with Gasteiger partial charge in [0.25, 0.3) is 0 Å². The van der Waals surface area contributed by atoms with E-state index >= 15 is 0 Å². The number of rotatable bonds is 2. The Labute approximate surface area is 120 Å². The van der Waals surface area contributed by atoms with Crippen LogP contribution in [0.4, 0.5) is 8.78 Å². The highest BCUT2D eigenvalue weighted by molar-refractivity contribution is 5.88. The smallest absolute Gasteiger partial charge is 0.376 e. The topological polar surface area (TPSA) is 52.3 Å². The SMILES string of the molecule is COC(=O)c1oc(-c2c(F)cccc2F)nc1C(C)(C)C. The second-order valence-corrected chi connectivity index (χ2v) is 5.53. The monoisotopic (exact) mass is 295 g/mol. The van der Waals surface area contributed by atoms with Gasteiger partial charge in [-0.2, -0.15) is 0 Å². The summed E-state index contributed by atoms with van der Waals surface area (Å²) in [4.78, 5) is 15.8. The van der Waals surface area contributed by atoms with Crippen LogP contribution in [-0.4, -0.2) is 18.1 Å². The van der Waals surface area contributed by atoms with Crippen LogP contribution in [0.15, 0.2) is 22.6 Å². The van der Waals surface area contributed by atoms with Crippen LogP contribution in [0.1, 0.15) is 37.0 Å². The van der Waals surface area contributed by atoms with E-state index in [2.05, 4.69) is 9.72 Å². The summed E-state index contributed by atoms with van der Waals surface area (Å²) >= 11 is 0. The minimum atomic E-state index is -0.812. The summed E-state index contributed by atoms with van der Waals surface area (Å²) in [5.74, 6) is -2.80. The Morgan fingerprint density at radius 2 is 1.81 bits per heavy atom. The van der Waals surface area contributed by atoms with Crippen molar-refractivity contribution in [1.29, 1.82) is 0 Å². The molecule has 0 radical (unpaired) electrons. The summed E-state index contributed by atoms with van der Waals surface area (Å²) < 4.78 is 37.5. The quantitative estimate of drug-likeness (QED) is 0.793. The van der Waals surface area contributed by atoms with Crippen LogP contribution in [0.25, 0.3) is 11.5 Å². The van der Waals surface area contributed by atoms with E-state index in [4.69, 9.17) is 4.42 Å². The molecule has 0 saturated heterocycles. The van der Waals surface area contributed by atoms with Crippen LogP contribution in [-0.2, 0) is 10.2 Å². The first-order chi connectivity index (χ1) is 9.75. The van der Waals surface area contributed by atoms with Gasteiger partial charge in [0, 0.05) is 5.41 Å². The highest BCUT2D eigenvalue weighted by Gasteiger charge is 2.31. The summed E-state index contributed by atoms with van der Waals surface area (Å²) in [7, 11) is 1.20. The predicted molar refractivity (Wildman–Crippen MR) is 71.9 cm³/mol. The van der Waals surface area contributed by atoms with E-state index in [9.17, 15) is 13.6 Å². The van der Waals surface area contributed by atoms with Crippen molar-refractivity contribution in [3.8, 4) is 11.5 Å². The molecular weight excluding hydrogens is 280 g/mol. The molecule has 0 fully saturated rings. The number of carbonyl (C=O) groups excluding carboxylic acids is 1. The molecule has 0 bridgehead atoms.